The van der Waals surface area contributed by atoms with Gasteiger partial charge in [-0.15, -0.1) is 0 Å². The molecule has 1 amide bonds. The molecule has 17 heavy (non-hydrogen) atoms. The van der Waals surface area contributed by atoms with Crippen molar-refractivity contribution in [2.24, 2.45) is 5.84 Å². The maximum atomic E-state index is 11.8. The Labute approximate surface area is 107 Å². The van der Waals surface area contributed by atoms with Gasteiger partial charge in [-0.25, -0.2) is 10.8 Å². The van der Waals surface area contributed by atoms with Gasteiger partial charge in [-0.3, -0.25) is 19.6 Å². The van der Waals surface area contributed by atoms with Crippen molar-refractivity contribution in [3.05, 3.63) is 26.8 Å². The Morgan fingerprint density at radius 2 is 2.29 bits per heavy atom. The van der Waals surface area contributed by atoms with E-state index in [1.54, 1.807) is 11.5 Å². The van der Waals surface area contributed by atoms with Crippen molar-refractivity contribution >= 4 is 21.8 Å². The summed E-state index contributed by atoms with van der Waals surface area (Å²) in [4.78, 5) is 26.7. The summed E-state index contributed by atoms with van der Waals surface area (Å²) in [6, 6.07) is 0. The second kappa shape index (κ2) is 6.51. The zero-order chi connectivity index (χ0) is 12.8. The lowest BCUT2D eigenvalue weighted by molar-refractivity contribution is -0.121. The summed E-state index contributed by atoms with van der Waals surface area (Å²) >= 11 is 3.15. The zero-order valence-corrected chi connectivity index (χ0v) is 11.2. The fraction of sp³-hybridized carbons (Fsp3) is 0.500. The van der Waals surface area contributed by atoms with Gasteiger partial charge in [0.1, 0.15) is 10.3 Å². The maximum Gasteiger partial charge on any atom is 0.267 e. The number of carbonyl (C=O) groups excluding carboxylic acids is 1. The van der Waals surface area contributed by atoms with E-state index in [-0.39, 0.29) is 11.5 Å². The summed E-state index contributed by atoms with van der Waals surface area (Å²) in [5, 5.41) is 0. The predicted octanol–water partition coefficient (Wildman–Crippen LogP) is 0.474. The van der Waals surface area contributed by atoms with Gasteiger partial charge in [0.2, 0.25) is 5.91 Å². The number of carbonyl (C=O) groups is 1. The second-order valence-corrected chi connectivity index (χ2v) is 4.49. The van der Waals surface area contributed by atoms with Crippen molar-refractivity contribution in [1.82, 2.24) is 15.0 Å². The van der Waals surface area contributed by atoms with Crippen molar-refractivity contribution in [2.45, 2.75) is 32.7 Å². The number of hydrogen-bond donors (Lipinski definition) is 2. The minimum Gasteiger partial charge on any atom is -0.296 e. The Morgan fingerprint density at radius 1 is 1.59 bits per heavy atom. The average Bonchev–Trinajstić information content (AvgIpc) is 2.32. The first-order chi connectivity index (χ1) is 8.06. The summed E-state index contributed by atoms with van der Waals surface area (Å²) in [6.07, 6.45) is 3.27. The number of aromatic nitrogens is 2. The van der Waals surface area contributed by atoms with E-state index in [2.05, 4.69) is 26.3 Å². The number of nitrogens with two attached hydrogens (primary N) is 1. The van der Waals surface area contributed by atoms with Crippen LogP contribution in [0.15, 0.2) is 15.5 Å². The van der Waals surface area contributed by atoms with E-state index in [1.165, 1.54) is 6.20 Å². The molecule has 0 spiro atoms. The lowest BCUT2D eigenvalue weighted by Crippen LogP contribution is -2.29. The molecule has 0 saturated heterocycles. The van der Waals surface area contributed by atoms with Crippen LogP contribution in [-0.4, -0.2) is 15.5 Å². The Bertz CT molecular complexity index is 458. The molecule has 94 valence electrons. The second-order valence-electron chi connectivity index (χ2n) is 3.63. The van der Waals surface area contributed by atoms with E-state index < -0.39 is 0 Å². The molecule has 6 nitrogen and oxygen atoms in total. The van der Waals surface area contributed by atoms with Crippen LogP contribution in [0.2, 0.25) is 0 Å². The molecule has 0 bridgehead atoms. The van der Waals surface area contributed by atoms with Gasteiger partial charge < -0.3 is 0 Å². The van der Waals surface area contributed by atoms with Crippen molar-refractivity contribution in [3.63, 3.8) is 0 Å². The molecule has 0 aliphatic rings. The molecule has 1 rings (SSSR count). The highest BCUT2D eigenvalue weighted by molar-refractivity contribution is 9.10. The molecule has 0 atom stereocenters. The largest absolute Gasteiger partial charge is 0.296 e. The summed E-state index contributed by atoms with van der Waals surface area (Å²) in [5.74, 6) is 5.44. The molecule has 0 radical (unpaired) electrons. The molecule has 7 heteroatoms. The molecule has 1 aromatic heterocycles. The van der Waals surface area contributed by atoms with E-state index in [9.17, 15) is 9.59 Å². The van der Waals surface area contributed by atoms with E-state index in [1.807, 2.05) is 0 Å². The van der Waals surface area contributed by atoms with Crippen LogP contribution in [0.1, 0.15) is 25.1 Å². The lowest BCUT2D eigenvalue weighted by Gasteiger charge is -2.08. The molecule has 0 unspecified atom stereocenters. The van der Waals surface area contributed by atoms with Crippen LogP contribution in [0.5, 0.6) is 0 Å². The summed E-state index contributed by atoms with van der Waals surface area (Å²) in [7, 11) is 0. The van der Waals surface area contributed by atoms with Gasteiger partial charge in [0.25, 0.3) is 5.56 Å². The normalized spacial score (nSPS) is 10.3. The third-order valence-corrected chi connectivity index (χ3v) is 2.95. The van der Waals surface area contributed by atoms with Crippen molar-refractivity contribution in [1.29, 1.82) is 0 Å². The van der Waals surface area contributed by atoms with Crippen LogP contribution in [0, 0.1) is 6.92 Å². The van der Waals surface area contributed by atoms with Crippen LogP contribution < -0.4 is 16.8 Å². The average molecular weight is 303 g/mol. The van der Waals surface area contributed by atoms with Gasteiger partial charge >= 0.3 is 0 Å². The number of aryl methyl sites for hydroxylation is 1. The molecule has 0 saturated carbocycles. The molecule has 0 aliphatic carbocycles. The molecule has 3 N–H and O–H groups in total. The number of hydrazine groups is 1. The highest BCUT2D eigenvalue weighted by Crippen LogP contribution is 2.04. The molecule has 0 fully saturated rings. The molecule has 0 aliphatic heterocycles. The fourth-order valence-electron chi connectivity index (χ4n) is 1.44. The van der Waals surface area contributed by atoms with Crippen LogP contribution in [-0.2, 0) is 11.3 Å². The van der Waals surface area contributed by atoms with Gasteiger partial charge in [0, 0.05) is 19.2 Å². The molecular formula is C10H15BrN4O2. The minimum atomic E-state index is -0.193. The lowest BCUT2D eigenvalue weighted by atomic mass is 10.2. The topological polar surface area (TPSA) is 90.0 Å². The molecule has 1 aromatic rings. The molecule has 0 aromatic carbocycles. The first-order valence-corrected chi connectivity index (χ1v) is 6.07. The van der Waals surface area contributed by atoms with Crippen molar-refractivity contribution < 1.29 is 4.79 Å². The third kappa shape index (κ3) is 3.94. The predicted molar refractivity (Wildman–Crippen MR) is 67.1 cm³/mol. The SMILES string of the molecule is Cc1ncc(Br)c(=O)n1CCCCC(=O)NN. The first kappa shape index (κ1) is 13.9. The third-order valence-electron chi connectivity index (χ3n) is 2.40. The standard InChI is InChI=1S/C10H15BrN4O2/c1-7-13-6-8(11)10(17)15(7)5-3-2-4-9(16)14-12/h6H,2-5,12H2,1H3,(H,14,16). The fourth-order valence-corrected chi connectivity index (χ4v) is 1.76. The van der Waals surface area contributed by atoms with E-state index in [0.717, 1.165) is 6.42 Å². The van der Waals surface area contributed by atoms with Gasteiger partial charge in [-0.05, 0) is 35.7 Å². The Hall–Kier alpha value is -1.21. The van der Waals surface area contributed by atoms with E-state index in [4.69, 9.17) is 5.84 Å². The maximum absolute atomic E-state index is 11.8. The van der Waals surface area contributed by atoms with E-state index in [0.29, 0.717) is 29.7 Å². The molecular weight excluding hydrogens is 288 g/mol. The minimum absolute atomic E-state index is 0.0965. The number of nitrogens with one attached hydrogen (secondary N) is 1. The Kier molecular flexibility index (Phi) is 5.30. The summed E-state index contributed by atoms with van der Waals surface area (Å²) < 4.78 is 2.03. The van der Waals surface area contributed by atoms with Gasteiger partial charge in [-0.2, -0.15) is 0 Å². The number of unbranched alkanes of at least 4 members (excludes halogenated alkanes) is 1. The number of nitrogens with zero attached hydrogens (tertiary/aromatic N) is 2. The van der Waals surface area contributed by atoms with Crippen LogP contribution in [0.25, 0.3) is 0 Å². The van der Waals surface area contributed by atoms with Gasteiger partial charge in [-0.1, -0.05) is 0 Å². The number of rotatable bonds is 5. The highest BCUT2D eigenvalue weighted by atomic mass is 79.9. The van der Waals surface area contributed by atoms with Gasteiger partial charge in [0.15, 0.2) is 0 Å². The highest BCUT2D eigenvalue weighted by Gasteiger charge is 2.05. The quantitative estimate of drug-likeness (QED) is 0.358. The van der Waals surface area contributed by atoms with Crippen LogP contribution >= 0.6 is 15.9 Å². The Morgan fingerprint density at radius 3 is 2.94 bits per heavy atom. The summed E-state index contributed by atoms with van der Waals surface area (Å²) in [6.45, 7) is 2.33. The van der Waals surface area contributed by atoms with Gasteiger partial charge in [0.05, 0.1) is 0 Å². The number of hydrogen-bond acceptors (Lipinski definition) is 4. The van der Waals surface area contributed by atoms with E-state index >= 15 is 0 Å². The monoisotopic (exact) mass is 302 g/mol. The molecule has 1 heterocycles. The summed E-state index contributed by atoms with van der Waals surface area (Å²) in [5.41, 5.74) is 1.97. The van der Waals surface area contributed by atoms with Crippen molar-refractivity contribution in [3.8, 4) is 0 Å². The number of halogens is 1. The number of amides is 1. The van der Waals surface area contributed by atoms with Crippen LogP contribution in [0.3, 0.4) is 0 Å². The van der Waals surface area contributed by atoms with Crippen molar-refractivity contribution in [2.75, 3.05) is 0 Å². The van der Waals surface area contributed by atoms with Crippen LogP contribution in [0.4, 0.5) is 0 Å². The first-order valence-electron chi connectivity index (χ1n) is 5.27. The smallest absolute Gasteiger partial charge is 0.267 e. The zero-order valence-electron chi connectivity index (χ0n) is 9.57. The Balaban J connectivity index is 2.55.